The van der Waals surface area contributed by atoms with Gasteiger partial charge in [0.15, 0.2) is 0 Å². The van der Waals surface area contributed by atoms with E-state index in [1.807, 2.05) is 19.1 Å². The Hall–Kier alpha value is -1.96. The predicted molar refractivity (Wildman–Crippen MR) is 101 cm³/mol. The SMILES string of the molecule is CCOc1ccc(C(C)(C)c2ccc(OCC(C)(C)C)cc2)cc1. The number of rotatable bonds is 6. The van der Waals surface area contributed by atoms with Crippen LogP contribution in [0, 0.1) is 5.41 Å². The first-order valence-electron chi connectivity index (χ1n) is 8.69. The van der Waals surface area contributed by atoms with E-state index in [0.717, 1.165) is 11.5 Å². The Morgan fingerprint density at radius 3 is 1.46 bits per heavy atom. The molecule has 130 valence electrons. The summed E-state index contributed by atoms with van der Waals surface area (Å²) in [6.45, 7) is 14.4. The molecule has 0 fully saturated rings. The molecule has 24 heavy (non-hydrogen) atoms. The highest BCUT2D eigenvalue weighted by Crippen LogP contribution is 2.33. The van der Waals surface area contributed by atoms with Crippen molar-refractivity contribution in [3.05, 3.63) is 59.7 Å². The van der Waals surface area contributed by atoms with E-state index < -0.39 is 0 Å². The summed E-state index contributed by atoms with van der Waals surface area (Å²) in [5, 5.41) is 0. The molecule has 0 spiro atoms. The monoisotopic (exact) mass is 326 g/mol. The summed E-state index contributed by atoms with van der Waals surface area (Å²) in [5.41, 5.74) is 2.65. The Labute approximate surface area is 146 Å². The normalized spacial score (nSPS) is 12.1. The van der Waals surface area contributed by atoms with E-state index in [2.05, 4.69) is 71.0 Å². The molecular weight excluding hydrogens is 296 g/mol. The van der Waals surface area contributed by atoms with Gasteiger partial charge in [0.05, 0.1) is 13.2 Å². The van der Waals surface area contributed by atoms with Crippen LogP contribution >= 0.6 is 0 Å². The third kappa shape index (κ3) is 4.77. The minimum Gasteiger partial charge on any atom is -0.494 e. The minimum absolute atomic E-state index is 0.0622. The van der Waals surface area contributed by atoms with E-state index in [-0.39, 0.29) is 10.8 Å². The number of hydrogen-bond donors (Lipinski definition) is 0. The second kappa shape index (κ2) is 7.29. The first-order chi connectivity index (χ1) is 11.2. The number of benzene rings is 2. The highest BCUT2D eigenvalue weighted by atomic mass is 16.5. The van der Waals surface area contributed by atoms with Crippen LogP contribution in [0.25, 0.3) is 0 Å². The largest absolute Gasteiger partial charge is 0.494 e. The van der Waals surface area contributed by atoms with E-state index >= 15 is 0 Å². The molecule has 0 N–H and O–H groups in total. The Bertz CT molecular complexity index is 631. The van der Waals surface area contributed by atoms with E-state index in [9.17, 15) is 0 Å². The maximum Gasteiger partial charge on any atom is 0.119 e. The lowest BCUT2D eigenvalue weighted by Crippen LogP contribution is -2.19. The zero-order chi connectivity index (χ0) is 17.8. The van der Waals surface area contributed by atoms with Crippen molar-refractivity contribution in [2.75, 3.05) is 13.2 Å². The zero-order valence-electron chi connectivity index (χ0n) is 15.8. The van der Waals surface area contributed by atoms with Crippen molar-refractivity contribution in [3.63, 3.8) is 0 Å². The van der Waals surface area contributed by atoms with Crippen molar-refractivity contribution in [1.29, 1.82) is 0 Å². The van der Waals surface area contributed by atoms with Crippen molar-refractivity contribution in [3.8, 4) is 11.5 Å². The van der Waals surface area contributed by atoms with Gasteiger partial charge in [0, 0.05) is 5.41 Å². The molecule has 0 saturated carbocycles. The molecule has 0 heterocycles. The summed E-state index contributed by atoms with van der Waals surface area (Å²) in [7, 11) is 0. The van der Waals surface area contributed by atoms with Crippen molar-refractivity contribution in [2.24, 2.45) is 5.41 Å². The second-order valence-corrected chi connectivity index (χ2v) is 7.96. The Morgan fingerprint density at radius 2 is 1.08 bits per heavy atom. The van der Waals surface area contributed by atoms with Gasteiger partial charge in [-0.15, -0.1) is 0 Å². The van der Waals surface area contributed by atoms with E-state index in [0.29, 0.717) is 13.2 Å². The maximum atomic E-state index is 5.87. The van der Waals surface area contributed by atoms with Crippen LogP contribution in [0.15, 0.2) is 48.5 Å². The average Bonchev–Trinajstić information content (AvgIpc) is 2.53. The number of ether oxygens (including phenoxy) is 2. The Morgan fingerprint density at radius 1 is 0.667 bits per heavy atom. The highest BCUT2D eigenvalue weighted by Gasteiger charge is 2.23. The fourth-order valence-corrected chi connectivity index (χ4v) is 2.57. The molecule has 0 aliphatic heterocycles. The summed E-state index contributed by atoms with van der Waals surface area (Å²) in [6.07, 6.45) is 0. The molecule has 0 radical (unpaired) electrons. The van der Waals surface area contributed by atoms with Gasteiger partial charge in [0.1, 0.15) is 11.5 Å². The number of hydrogen-bond acceptors (Lipinski definition) is 2. The Kier molecular flexibility index (Phi) is 5.58. The molecule has 0 aliphatic carbocycles. The second-order valence-electron chi connectivity index (χ2n) is 7.96. The van der Waals surface area contributed by atoms with Gasteiger partial charge < -0.3 is 9.47 Å². The lowest BCUT2D eigenvalue weighted by Gasteiger charge is -2.27. The van der Waals surface area contributed by atoms with Gasteiger partial charge in [-0.05, 0) is 47.7 Å². The van der Waals surface area contributed by atoms with E-state index in [1.165, 1.54) is 11.1 Å². The maximum absolute atomic E-state index is 5.87. The van der Waals surface area contributed by atoms with Crippen molar-refractivity contribution in [1.82, 2.24) is 0 Å². The Balaban J connectivity index is 2.13. The molecule has 0 amide bonds. The third-order valence-electron chi connectivity index (χ3n) is 4.13. The quantitative estimate of drug-likeness (QED) is 0.664. The minimum atomic E-state index is -0.0622. The fraction of sp³-hybridized carbons (Fsp3) is 0.455. The van der Waals surface area contributed by atoms with Gasteiger partial charge in [0.2, 0.25) is 0 Å². The fourth-order valence-electron chi connectivity index (χ4n) is 2.57. The molecular formula is C22H30O2. The summed E-state index contributed by atoms with van der Waals surface area (Å²) in [5.74, 6) is 1.85. The van der Waals surface area contributed by atoms with Crippen molar-refractivity contribution in [2.45, 2.75) is 47.0 Å². The highest BCUT2D eigenvalue weighted by molar-refractivity contribution is 5.41. The first-order valence-corrected chi connectivity index (χ1v) is 8.69. The van der Waals surface area contributed by atoms with Crippen LogP contribution in [0.5, 0.6) is 11.5 Å². The van der Waals surface area contributed by atoms with Crippen LogP contribution in [0.4, 0.5) is 0 Å². The molecule has 0 atom stereocenters. The lowest BCUT2D eigenvalue weighted by atomic mass is 9.78. The topological polar surface area (TPSA) is 18.5 Å². The van der Waals surface area contributed by atoms with Crippen LogP contribution in [0.3, 0.4) is 0 Å². The summed E-state index contributed by atoms with van der Waals surface area (Å²) < 4.78 is 11.4. The first kappa shape index (κ1) is 18.4. The molecule has 2 aromatic rings. The third-order valence-corrected chi connectivity index (χ3v) is 4.13. The molecule has 2 heteroatoms. The molecule has 2 rings (SSSR count). The smallest absolute Gasteiger partial charge is 0.119 e. The van der Waals surface area contributed by atoms with Gasteiger partial charge in [-0.3, -0.25) is 0 Å². The molecule has 2 aromatic carbocycles. The average molecular weight is 326 g/mol. The van der Waals surface area contributed by atoms with Gasteiger partial charge >= 0.3 is 0 Å². The van der Waals surface area contributed by atoms with Gasteiger partial charge in [-0.1, -0.05) is 58.9 Å². The van der Waals surface area contributed by atoms with Crippen molar-refractivity contribution >= 4 is 0 Å². The van der Waals surface area contributed by atoms with E-state index in [4.69, 9.17) is 9.47 Å². The van der Waals surface area contributed by atoms with Crippen LogP contribution < -0.4 is 9.47 Å². The molecule has 0 unspecified atom stereocenters. The summed E-state index contributed by atoms with van der Waals surface area (Å²) >= 11 is 0. The van der Waals surface area contributed by atoms with Crippen LogP contribution in [-0.2, 0) is 5.41 Å². The van der Waals surface area contributed by atoms with Crippen LogP contribution in [0.2, 0.25) is 0 Å². The van der Waals surface area contributed by atoms with Crippen LogP contribution in [0.1, 0.15) is 52.7 Å². The van der Waals surface area contributed by atoms with Gasteiger partial charge in [-0.2, -0.15) is 0 Å². The zero-order valence-corrected chi connectivity index (χ0v) is 15.8. The van der Waals surface area contributed by atoms with Gasteiger partial charge in [0.25, 0.3) is 0 Å². The van der Waals surface area contributed by atoms with E-state index in [1.54, 1.807) is 0 Å². The van der Waals surface area contributed by atoms with Crippen molar-refractivity contribution < 1.29 is 9.47 Å². The molecule has 0 bridgehead atoms. The lowest BCUT2D eigenvalue weighted by molar-refractivity contribution is 0.198. The molecule has 2 nitrogen and oxygen atoms in total. The summed E-state index contributed by atoms with van der Waals surface area (Å²) in [4.78, 5) is 0. The van der Waals surface area contributed by atoms with Gasteiger partial charge in [-0.25, -0.2) is 0 Å². The molecule has 0 saturated heterocycles. The van der Waals surface area contributed by atoms with Crippen LogP contribution in [-0.4, -0.2) is 13.2 Å². The predicted octanol–water partition coefficient (Wildman–Crippen LogP) is 5.84. The standard InChI is InChI=1S/C22H30O2/c1-7-23-19-12-8-17(9-13-19)22(5,6)18-10-14-20(15-11-18)24-16-21(2,3)4/h8-15H,7,16H2,1-6H3. The molecule has 0 aromatic heterocycles. The summed E-state index contributed by atoms with van der Waals surface area (Å²) in [6, 6.07) is 16.8. The molecule has 0 aliphatic rings.